The van der Waals surface area contributed by atoms with E-state index in [1.165, 1.54) is 88.1 Å². The smallest absolute Gasteiger partial charge is 0.0544 e. The summed E-state index contributed by atoms with van der Waals surface area (Å²) in [4.78, 5) is 7.26. The number of aromatic nitrogens is 2. The molecule has 0 unspecified atom stereocenters. The molecule has 8 aromatic carbocycles. The largest absolute Gasteiger partial charge is 0.354 e. The summed E-state index contributed by atoms with van der Waals surface area (Å²) in [6, 6.07) is 68.7. The summed E-state index contributed by atoms with van der Waals surface area (Å²) in [5.74, 6) is 0. The van der Waals surface area contributed by atoms with Crippen molar-refractivity contribution in [3.05, 3.63) is 194 Å². The Kier molecular flexibility index (Phi) is 7.53. The van der Waals surface area contributed by atoms with Crippen LogP contribution in [0.15, 0.2) is 194 Å². The van der Waals surface area contributed by atoms with Gasteiger partial charge in [0.15, 0.2) is 0 Å². The fourth-order valence-electron chi connectivity index (χ4n) is 7.17. The second kappa shape index (κ2) is 12.8. The van der Waals surface area contributed by atoms with E-state index in [4.69, 9.17) is 0 Å². The zero-order valence-electron chi connectivity index (χ0n) is 27.5. The lowest BCUT2D eigenvalue weighted by Crippen LogP contribution is -1.84. The Morgan fingerprint density at radius 1 is 0.220 bits per heavy atom. The predicted octanol–water partition coefficient (Wildman–Crippen LogP) is 13.3. The highest BCUT2D eigenvalue weighted by Gasteiger charge is 2.11. The average Bonchev–Trinajstić information content (AvgIpc) is 3.78. The Balaban J connectivity index is 0.000000237. The summed E-state index contributed by atoms with van der Waals surface area (Å²) in [5.41, 5.74) is 14.6. The van der Waals surface area contributed by atoms with E-state index in [0.29, 0.717) is 0 Å². The molecule has 0 aliphatic carbocycles. The monoisotopic (exact) mass is 638 g/mol. The number of fused-ring (bicyclic) bond motifs is 6. The summed E-state index contributed by atoms with van der Waals surface area (Å²) in [7, 11) is 0. The van der Waals surface area contributed by atoms with Crippen molar-refractivity contribution in [3.63, 3.8) is 0 Å². The molecular weight excluding hydrogens is 605 g/mol. The topological polar surface area (TPSA) is 31.6 Å². The SMILES string of the molecule is c1ccc(-c2ccccc2)cc1.c1ccc2c(c1)[nH]c1c(-c3ccc(-c4ccc(-c5cccc6c5[nH]c5ccccc56)cc4)cc3)cccc12. The van der Waals surface area contributed by atoms with Gasteiger partial charge in [0.25, 0.3) is 0 Å². The Labute approximate surface area is 291 Å². The molecule has 0 atom stereocenters. The molecule has 10 rings (SSSR count). The van der Waals surface area contributed by atoms with Gasteiger partial charge < -0.3 is 9.97 Å². The molecule has 0 aliphatic rings. The van der Waals surface area contributed by atoms with E-state index in [1.807, 2.05) is 12.1 Å². The first kappa shape index (κ1) is 29.5. The average molecular weight is 639 g/mol. The highest BCUT2D eigenvalue weighted by Crippen LogP contribution is 2.36. The van der Waals surface area contributed by atoms with Gasteiger partial charge in [-0.1, -0.05) is 182 Å². The summed E-state index contributed by atoms with van der Waals surface area (Å²) in [5, 5.41) is 5.07. The van der Waals surface area contributed by atoms with Crippen molar-refractivity contribution in [1.82, 2.24) is 9.97 Å². The molecule has 2 heteroatoms. The van der Waals surface area contributed by atoms with E-state index in [9.17, 15) is 0 Å². The van der Waals surface area contributed by atoms with Gasteiger partial charge in [0.1, 0.15) is 0 Å². The van der Waals surface area contributed by atoms with Crippen molar-refractivity contribution in [2.24, 2.45) is 0 Å². The van der Waals surface area contributed by atoms with Gasteiger partial charge in [-0.3, -0.25) is 0 Å². The molecule has 50 heavy (non-hydrogen) atoms. The third-order valence-corrected chi connectivity index (χ3v) is 9.69. The Morgan fingerprint density at radius 2 is 0.540 bits per heavy atom. The molecule has 0 saturated carbocycles. The van der Waals surface area contributed by atoms with Crippen LogP contribution in [0.1, 0.15) is 0 Å². The van der Waals surface area contributed by atoms with Crippen molar-refractivity contribution in [2.45, 2.75) is 0 Å². The van der Waals surface area contributed by atoms with Crippen LogP contribution in [0.2, 0.25) is 0 Å². The van der Waals surface area contributed by atoms with Gasteiger partial charge in [-0.05, 0) is 45.5 Å². The molecule has 2 aromatic heterocycles. The van der Waals surface area contributed by atoms with Gasteiger partial charge in [-0.15, -0.1) is 0 Å². The zero-order valence-corrected chi connectivity index (χ0v) is 27.5. The highest BCUT2D eigenvalue weighted by atomic mass is 14.7. The van der Waals surface area contributed by atoms with Gasteiger partial charge in [0.05, 0.1) is 11.0 Å². The fourth-order valence-corrected chi connectivity index (χ4v) is 7.17. The second-order valence-corrected chi connectivity index (χ2v) is 12.7. The molecule has 0 fully saturated rings. The van der Waals surface area contributed by atoms with Crippen LogP contribution in [0.5, 0.6) is 0 Å². The minimum absolute atomic E-state index is 1.18. The quantitative estimate of drug-likeness (QED) is 0.192. The molecule has 2 N–H and O–H groups in total. The van der Waals surface area contributed by atoms with Crippen LogP contribution in [0.25, 0.3) is 88.1 Å². The molecule has 0 saturated heterocycles. The highest BCUT2D eigenvalue weighted by molar-refractivity contribution is 6.12. The van der Waals surface area contributed by atoms with Crippen molar-refractivity contribution in [1.29, 1.82) is 0 Å². The summed E-state index contributed by atoms with van der Waals surface area (Å²) >= 11 is 0. The maximum atomic E-state index is 3.63. The lowest BCUT2D eigenvalue weighted by atomic mass is 9.96. The number of nitrogens with one attached hydrogen (secondary N) is 2. The van der Waals surface area contributed by atoms with Crippen LogP contribution < -0.4 is 0 Å². The van der Waals surface area contributed by atoms with Crippen molar-refractivity contribution >= 4 is 43.6 Å². The standard InChI is InChI=1S/C36H24N2.C12H10/c1-3-13-33-29(7-1)31-11-5-9-27(35(31)37-33)25-19-15-23(16-20-25)24-17-21-26(22-18-24)28-10-6-12-32-30-8-2-4-14-34(30)38-36(28)32;1-3-7-11(8-4-1)12-9-5-2-6-10-12/h1-22,37-38H;1-10H. The van der Waals surface area contributed by atoms with E-state index >= 15 is 0 Å². The van der Waals surface area contributed by atoms with E-state index < -0.39 is 0 Å². The Hall–Kier alpha value is -6.64. The molecule has 0 amide bonds. The van der Waals surface area contributed by atoms with E-state index in [0.717, 1.165) is 0 Å². The van der Waals surface area contributed by atoms with Crippen LogP contribution in [0, 0.1) is 0 Å². The number of hydrogen-bond acceptors (Lipinski definition) is 0. The van der Waals surface area contributed by atoms with Crippen molar-refractivity contribution in [3.8, 4) is 44.5 Å². The molecule has 236 valence electrons. The Morgan fingerprint density at radius 3 is 0.960 bits per heavy atom. The Bertz CT molecular complexity index is 2520. The van der Waals surface area contributed by atoms with E-state index in [2.05, 4.69) is 192 Å². The third-order valence-electron chi connectivity index (χ3n) is 9.69. The first-order valence-corrected chi connectivity index (χ1v) is 17.1. The van der Waals surface area contributed by atoms with Crippen molar-refractivity contribution in [2.75, 3.05) is 0 Å². The molecule has 2 nitrogen and oxygen atoms in total. The summed E-state index contributed by atoms with van der Waals surface area (Å²) in [6.07, 6.45) is 0. The van der Waals surface area contributed by atoms with Crippen molar-refractivity contribution < 1.29 is 0 Å². The van der Waals surface area contributed by atoms with Gasteiger partial charge in [-0.2, -0.15) is 0 Å². The maximum absolute atomic E-state index is 3.63. The minimum atomic E-state index is 1.18. The van der Waals surface area contributed by atoms with Crippen LogP contribution in [-0.2, 0) is 0 Å². The fraction of sp³-hybridized carbons (Fsp3) is 0. The van der Waals surface area contributed by atoms with Crippen LogP contribution >= 0.6 is 0 Å². The molecule has 0 aliphatic heterocycles. The second-order valence-electron chi connectivity index (χ2n) is 12.7. The first-order valence-electron chi connectivity index (χ1n) is 17.1. The first-order chi connectivity index (χ1) is 24.8. The molecule has 0 spiro atoms. The molecule has 2 heterocycles. The molecule has 0 bridgehead atoms. The lowest BCUT2D eigenvalue weighted by Gasteiger charge is -2.08. The minimum Gasteiger partial charge on any atom is -0.354 e. The van der Waals surface area contributed by atoms with Gasteiger partial charge in [0, 0.05) is 43.7 Å². The summed E-state index contributed by atoms with van der Waals surface area (Å²) < 4.78 is 0. The van der Waals surface area contributed by atoms with Crippen LogP contribution in [0.3, 0.4) is 0 Å². The summed E-state index contributed by atoms with van der Waals surface area (Å²) in [6.45, 7) is 0. The van der Waals surface area contributed by atoms with Gasteiger partial charge >= 0.3 is 0 Å². The number of para-hydroxylation sites is 4. The lowest BCUT2D eigenvalue weighted by molar-refractivity contribution is 1.53. The third kappa shape index (κ3) is 5.43. The number of rotatable bonds is 4. The number of hydrogen-bond donors (Lipinski definition) is 2. The van der Waals surface area contributed by atoms with Gasteiger partial charge in [0.2, 0.25) is 0 Å². The van der Waals surface area contributed by atoms with Crippen LogP contribution in [0.4, 0.5) is 0 Å². The number of aromatic amines is 2. The predicted molar refractivity (Wildman–Crippen MR) is 213 cm³/mol. The zero-order chi connectivity index (χ0) is 33.3. The molecule has 0 radical (unpaired) electrons. The van der Waals surface area contributed by atoms with E-state index in [-0.39, 0.29) is 0 Å². The van der Waals surface area contributed by atoms with Gasteiger partial charge in [-0.25, -0.2) is 0 Å². The molecular formula is C48H34N2. The number of H-pyrrole nitrogens is 2. The number of benzene rings is 8. The maximum Gasteiger partial charge on any atom is 0.0544 e. The van der Waals surface area contributed by atoms with Crippen LogP contribution in [-0.4, -0.2) is 9.97 Å². The molecule has 10 aromatic rings. The van der Waals surface area contributed by atoms with E-state index in [1.54, 1.807) is 0 Å². The normalized spacial score (nSPS) is 11.2.